The van der Waals surface area contributed by atoms with Crippen molar-refractivity contribution in [2.24, 2.45) is 0 Å². The summed E-state index contributed by atoms with van der Waals surface area (Å²) >= 11 is 3.33. The number of hydrogen-bond donors (Lipinski definition) is 1. The minimum absolute atomic E-state index is 0.102. The molecule has 2 aromatic carbocycles. The van der Waals surface area contributed by atoms with Crippen molar-refractivity contribution in [3.63, 3.8) is 0 Å². The van der Waals surface area contributed by atoms with Crippen molar-refractivity contribution < 1.29 is 13.9 Å². The highest BCUT2D eigenvalue weighted by Gasteiger charge is 2.10. The third-order valence-corrected chi connectivity index (χ3v) is 3.49. The Labute approximate surface area is 119 Å². The van der Waals surface area contributed by atoms with Crippen LogP contribution >= 0.6 is 15.9 Å². The highest BCUT2D eigenvalue weighted by Crippen LogP contribution is 2.31. The Balaban J connectivity index is 2.17. The number of methoxy groups -OCH3 is 1. The number of hydrogen-bond acceptors (Lipinski definition) is 3. The van der Waals surface area contributed by atoms with Crippen LogP contribution in [0.25, 0.3) is 0 Å². The van der Waals surface area contributed by atoms with Gasteiger partial charge < -0.3 is 15.2 Å². The van der Waals surface area contributed by atoms with Crippen molar-refractivity contribution in [2.45, 2.75) is 6.61 Å². The molecule has 100 valence electrons. The number of benzene rings is 2. The largest absolute Gasteiger partial charge is 0.494 e. The summed E-state index contributed by atoms with van der Waals surface area (Å²) < 4.78 is 25.1. The Bertz CT molecular complexity index is 590. The standard InChI is InChI=1S/C14H13BrFNO2/c1-18-12-7-2-4-9(14(12)16)8-19-11-6-3-5-10(17)13(11)15/h2-7H,8,17H2,1H3. The van der Waals surface area contributed by atoms with Crippen molar-refractivity contribution in [1.29, 1.82) is 0 Å². The fraction of sp³-hybridized carbons (Fsp3) is 0.143. The van der Waals surface area contributed by atoms with Crippen LogP contribution in [0.4, 0.5) is 10.1 Å². The van der Waals surface area contributed by atoms with Gasteiger partial charge in [0.25, 0.3) is 0 Å². The maximum atomic E-state index is 13.9. The third-order valence-electron chi connectivity index (χ3n) is 2.64. The monoisotopic (exact) mass is 325 g/mol. The van der Waals surface area contributed by atoms with E-state index in [4.69, 9.17) is 15.2 Å². The summed E-state index contributed by atoms with van der Waals surface area (Å²) in [6, 6.07) is 10.2. The van der Waals surface area contributed by atoms with Gasteiger partial charge in [0.1, 0.15) is 12.4 Å². The van der Waals surface area contributed by atoms with Gasteiger partial charge in [-0.25, -0.2) is 4.39 Å². The quantitative estimate of drug-likeness (QED) is 0.870. The summed E-state index contributed by atoms with van der Waals surface area (Å²) in [5.41, 5.74) is 6.74. The molecule has 0 spiro atoms. The molecule has 0 heterocycles. The second-order valence-corrected chi connectivity index (χ2v) is 4.67. The lowest BCUT2D eigenvalue weighted by Gasteiger charge is -2.11. The molecule has 0 aliphatic carbocycles. The molecular weight excluding hydrogens is 313 g/mol. The summed E-state index contributed by atoms with van der Waals surface area (Å²) in [5, 5.41) is 0. The van der Waals surface area contributed by atoms with E-state index >= 15 is 0 Å². The van der Waals surface area contributed by atoms with Crippen molar-refractivity contribution in [3.8, 4) is 11.5 Å². The average molecular weight is 326 g/mol. The van der Waals surface area contributed by atoms with Crippen molar-refractivity contribution in [3.05, 3.63) is 52.3 Å². The smallest absolute Gasteiger partial charge is 0.171 e. The van der Waals surface area contributed by atoms with E-state index in [-0.39, 0.29) is 12.4 Å². The number of rotatable bonds is 4. The molecule has 0 aliphatic heterocycles. The molecule has 2 N–H and O–H groups in total. The molecule has 0 aromatic heterocycles. The first kappa shape index (κ1) is 13.7. The summed E-state index contributed by atoms with van der Waals surface area (Å²) in [5.74, 6) is 0.361. The van der Waals surface area contributed by atoms with E-state index in [0.717, 1.165) is 0 Å². The van der Waals surface area contributed by atoms with Gasteiger partial charge in [0.15, 0.2) is 11.6 Å². The first-order chi connectivity index (χ1) is 9.13. The Morgan fingerprint density at radius 2 is 1.84 bits per heavy atom. The van der Waals surface area contributed by atoms with Crippen LogP contribution in [0, 0.1) is 5.82 Å². The predicted octanol–water partition coefficient (Wildman–Crippen LogP) is 3.76. The van der Waals surface area contributed by atoms with E-state index in [1.165, 1.54) is 7.11 Å². The molecule has 0 radical (unpaired) electrons. The number of halogens is 2. The molecule has 2 aromatic rings. The highest BCUT2D eigenvalue weighted by atomic mass is 79.9. The van der Waals surface area contributed by atoms with Gasteiger partial charge in [0.2, 0.25) is 0 Å². The molecule has 0 fully saturated rings. The molecule has 0 saturated heterocycles. The van der Waals surface area contributed by atoms with Crippen LogP contribution in [0.1, 0.15) is 5.56 Å². The molecule has 2 rings (SSSR count). The average Bonchev–Trinajstić information content (AvgIpc) is 2.42. The van der Waals surface area contributed by atoms with E-state index in [0.29, 0.717) is 21.5 Å². The SMILES string of the molecule is COc1cccc(COc2cccc(N)c2Br)c1F. The maximum Gasteiger partial charge on any atom is 0.171 e. The second-order valence-electron chi connectivity index (χ2n) is 3.88. The van der Waals surface area contributed by atoms with Crippen molar-refractivity contribution in [2.75, 3.05) is 12.8 Å². The zero-order valence-electron chi connectivity index (χ0n) is 10.3. The van der Waals surface area contributed by atoms with Gasteiger partial charge in [-0.3, -0.25) is 0 Å². The van der Waals surface area contributed by atoms with Crippen LogP contribution in [-0.4, -0.2) is 7.11 Å². The summed E-state index contributed by atoms with van der Waals surface area (Å²) in [7, 11) is 1.43. The first-order valence-corrected chi connectivity index (χ1v) is 6.41. The number of nitrogen functional groups attached to an aromatic ring is 1. The molecule has 3 nitrogen and oxygen atoms in total. The fourth-order valence-corrected chi connectivity index (χ4v) is 2.00. The second kappa shape index (κ2) is 5.93. The normalized spacial score (nSPS) is 10.3. The van der Waals surface area contributed by atoms with Crippen LogP contribution in [0.3, 0.4) is 0 Å². The van der Waals surface area contributed by atoms with E-state index in [1.807, 2.05) is 0 Å². The van der Waals surface area contributed by atoms with E-state index in [9.17, 15) is 4.39 Å². The minimum atomic E-state index is -0.412. The molecular formula is C14H13BrFNO2. The Kier molecular flexibility index (Phi) is 4.27. The highest BCUT2D eigenvalue weighted by molar-refractivity contribution is 9.10. The molecule has 0 unspecified atom stereocenters. The summed E-state index contributed by atoms with van der Waals surface area (Å²) in [4.78, 5) is 0. The van der Waals surface area contributed by atoms with E-state index in [2.05, 4.69) is 15.9 Å². The van der Waals surface area contributed by atoms with Crippen LogP contribution < -0.4 is 15.2 Å². The minimum Gasteiger partial charge on any atom is -0.494 e. The molecule has 0 saturated carbocycles. The molecule has 0 aliphatic rings. The number of nitrogens with two attached hydrogens (primary N) is 1. The third kappa shape index (κ3) is 2.98. The van der Waals surface area contributed by atoms with Crippen molar-refractivity contribution in [1.82, 2.24) is 0 Å². The van der Waals surface area contributed by atoms with Gasteiger partial charge in [-0.1, -0.05) is 18.2 Å². The Morgan fingerprint density at radius 3 is 2.58 bits per heavy atom. The molecule has 0 bridgehead atoms. The van der Waals surface area contributed by atoms with E-state index in [1.54, 1.807) is 36.4 Å². The van der Waals surface area contributed by atoms with Crippen LogP contribution in [0.15, 0.2) is 40.9 Å². The van der Waals surface area contributed by atoms with Gasteiger partial charge in [-0.2, -0.15) is 0 Å². The van der Waals surface area contributed by atoms with Gasteiger partial charge in [0.05, 0.1) is 11.6 Å². The zero-order chi connectivity index (χ0) is 13.8. The summed E-state index contributed by atoms with van der Waals surface area (Å²) in [6.07, 6.45) is 0. The molecule has 5 heteroatoms. The number of ether oxygens (including phenoxy) is 2. The van der Waals surface area contributed by atoms with E-state index < -0.39 is 5.82 Å². The maximum absolute atomic E-state index is 13.9. The molecule has 0 atom stereocenters. The van der Waals surface area contributed by atoms with Crippen LogP contribution in [-0.2, 0) is 6.61 Å². The molecule has 19 heavy (non-hydrogen) atoms. The lowest BCUT2D eigenvalue weighted by molar-refractivity contribution is 0.294. The van der Waals surface area contributed by atoms with Gasteiger partial charge in [0, 0.05) is 11.3 Å². The van der Waals surface area contributed by atoms with Crippen LogP contribution in [0.2, 0.25) is 0 Å². The van der Waals surface area contributed by atoms with Gasteiger partial charge >= 0.3 is 0 Å². The predicted molar refractivity (Wildman–Crippen MR) is 75.8 cm³/mol. The van der Waals surface area contributed by atoms with Crippen LogP contribution in [0.5, 0.6) is 11.5 Å². The Hall–Kier alpha value is -1.75. The molecule has 0 amide bonds. The number of anilines is 1. The topological polar surface area (TPSA) is 44.5 Å². The van der Waals surface area contributed by atoms with Gasteiger partial charge in [-0.15, -0.1) is 0 Å². The lowest BCUT2D eigenvalue weighted by atomic mass is 10.2. The fourth-order valence-electron chi connectivity index (χ4n) is 1.62. The first-order valence-electron chi connectivity index (χ1n) is 5.61. The Morgan fingerprint density at radius 1 is 1.16 bits per heavy atom. The zero-order valence-corrected chi connectivity index (χ0v) is 11.9. The summed E-state index contributed by atoms with van der Waals surface area (Å²) in [6.45, 7) is 0.102. The lowest BCUT2D eigenvalue weighted by Crippen LogP contribution is -2.01. The van der Waals surface area contributed by atoms with Crippen molar-refractivity contribution >= 4 is 21.6 Å². The van der Waals surface area contributed by atoms with Gasteiger partial charge in [-0.05, 0) is 34.1 Å².